The first kappa shape index (κ1) is 14.1. The molecular formula is C15H15N3O4. The van der Waals surface area contributed by atoms with Gasteiger partial charge in [0.2, 0.25) is 6.79 Å². The standard InChI is InChI=1S/C15H15N3O4/c1-10-4-5-16-15(18-10)20-8-14(19)17-7-11-2-3-12-13(6-11)22-9-21-12/h2-6H,7-9H2,1H3,(H,17,19). The van der Waals surface area contributed by atoms with Crippen molar-refractivity contribution in [3.05, 3.63) is 41.7 Å². The maximum Gasteiger partial charge on any atom is 0.317 e. The summed E-state index contributed by atoms with van der Waals surface area (Å²) in [6, 6.07) is 7.48. The SMILES string of the molecule is Cc1ccnc(OCC(=O)NCc2ccc3c(c2)OCO3)n1. The molecule has 0 unspecified atom stereocenters. The Hall–Kier alpha value is -2.83. The molecule has 1 aliphatic rings. The van der Waals surface area contributed by atoms with Gasteiger partial charge in [-0.1, -0.05) is 6.07 Å². The lowest BCUT2D eigenvalue weighted by atomic mass is 10.2. The van der Waals surface area contributed by atoms with Crippen molar-refractivity contribution in [1.29, 1.82) is 0 Å². The number of carbonyl (C=O) groups excluding carboxylic acids is 1. The first-order chi connectivity index (χ1) is 10.7. The van der Waals surface area contributed by atoms with Gasteiger partial charge in [0.25, 0.3) is 5.91 Å². The van der Waals surface area contributed by atoms with Crippen LogP contribution in [0.1, 0.15) is 11.3 Å². The fourth-order valence-corrected chi connectivity index (χ4v) is 1.93. The molecule has 7 nitrogen and oxygen atoms in total. The molecule has 1 aromatic heterocycles. The molecule has 0 radical (unpaired) electrons. The molecule has 0 saturated carbocycles. The summed E-state index contributed by atoms with van der Waals surface area (Å²) in [6.45, 7) is 2.31. The molecule has 1 aliphatic heterocycles. The number of fused-ring (bicyclic) bond motifs is 1. The molecule has 1 N–H and O–H groups in total. The monoisotopic (exact) mass is 301 g/mol. The lowest BCUT2D eigenvalue weighted by Gasteiger charge is -2.07. The number of amides is 1. The van der Waals surface area contributed by atoms with E-state index >= 15 is 0 Å². The molecule has 0 spiro atoms. The average Bonchev–Trinajstić information content (AvgIpc) is 2.98. The molecule has 1 aromatic carbocycles. The summed E-state index contributed by atoms with van der Waals surface area (Å²) < 4.78 is 15.8. The van der Waals surface area contributed by atoms with E-state index in [1.165, 1.54) is 0 Å². The van der Waals surface area contributed by atoms with Gasteiger partial charge in [-0.25, -0.2) is 9.97 Å². The van der Waals surface area contributed by atoms with Crippen molar-refractivity contribution in [2.75, 3.05) is 13.4 Å². The van der Waals surface area contributed by atoms with E-state index in [0.717, 1.165) is 17.0 Å². The Morgan fingerprint density at radius 1 is 1.32 bits per heavy atom. The number of nitrogens with zero attached hydrogens (tertiary/aromatic N) is 2. The van der Waals surface area contributed by atoms with Crippen LogP contribution in [0.3, 0.4) is 0 Å². The van der Waals surface area contributed by atoms with Gasteiger partial charge in [0.05, 0.1) is 0 Å². The number of rotatable bonds is 5. The van der Waals surface area contributed by atoms with Crippen LogP contribution in [0.4, 0.5) is 0 Å². The largest absolute Gasteiger partial charge is 0.454 e. The summed E-state index contributed by atoms with van der Waals surface area (Å²) in [6.07, 6.45) is 1.59. The van der Waals surface area contributed by atoms with Gasteiger partial charge in [0.15, 0.2) is 18.1 Å². The van der Waals surface area contributed by atoms with Crippen molar-refractivity contribution < 1.29 is 19.0 Å². The topological polar surface area (TPSA) is 82.6 Å². The summed E-state index contributed by atoms with van der Waals surface area (Å²) in [5.41, 5.74) is 1.70. The highest BCUT2D eigenvalue weighted by Crippen LogP contribution is 2.32. The van der Waals surface area contributed by atoms with Gasteiger partial charge in [0, 0.05) is 18.4 Å². The van der Waals surface area contributed by atoms with E-state index in [2.05, 4.69) is 15.3 Å². The van der Waals surface area contributed by atoms with Gasteiger partial charge < -0.3 is 19.5 Å². The number of hydrogen-bond donors (Lipinski definition) is 1. The zero-order valence-corrected chi connectivity index (χ0v) is 12.0. The first-order valence-electron chi connectivity index (χ1n) is 6.78. The maximum absolute atomic E-state index is 11.8. The second-order valence-corrected chi connectivity index (χ2v) is 4.73. The molecule has 2 aromatic rings. The third-order valence-corrected chi connectivity index (χ3v) is 3.03. The number of hydrogen-bond acceptors (Lipinski definition) is 6. The molecule has 0 atom stereocenters. The Morgan fingerprint density at radius 3 is 3.05 bits per heavy atom. The Balaban J connectivity index is 1.48. The van der Waals surface area contributed by atoms with E-state index in [4.69, 9.17) is 14.2 Å². The van der Waals surface area contributed by atoms with Crippen LogP contribution in [0.2, 0.25) is 0 Å². The quantitative estimate of drug-likeness (QED) is 0.894. The van der Waals surface area contributed by atoms with Crippen LogP contribution in [0.25, 0.3) is 0 Å². The molecule has 22 heavy (non-hydrogen) atoms. The molecular weight excluding hydrogens is 286 g/mol. The highest BCUT2D eigenvalue weighted by molar-refractivity contribution is 5.77. The van der Waals surface area contributed by atoms with Crippen LogP contribution in [0.5, 0.6) is 17.5 Å². The normalized spacial score (nSPS) is 12.0. The van der Waals surface area contributed by atoms with Crippen LogP contribution < -0.4 is 19.5 Å². The summed E-state index contributed by atoms with van der Waals surface area (Å²) >= 11 is 0. The summed E-state index contributed by atoms with van der Waals surface area (Å²) in [5.74, 6) is 1.16. The predicted molar refractivity (Wildman–Crippen MR) is 76.7 cm³/mol. The van der Waals surface area contributed by atoms with E-state index in [9.17, 15) is 4.79 Å². The number of nitrogens with one attached hydrogen (secondary N) is 1. The zero-order chi connectivity index (χ0) is 15.4. The fourth-order valence-electron chi connectivity index (χ4n) is 1.93. The molecule has 3 rings (SSSR count). The first-order valence-corrected chi connectivity index (χ1v) is 6.78. The molecule has 1 amide bonds. The second kappa shape index (κ2) is 6.30. The van der Waals surface area contributed by atoms with Gasteiger partial charge in [-0.15, -0.1) is 0 Å². The molecule has 2 heterocycles. The van der Waals surface area contributed by atoms with Crippen LogP contribution in [0, 0.1) is 6.92 Å². The summed E-state index contributed by atoms with van der Waals surface area (Å²) in [5, 5.41) is 2.76. The van der Waals surface area contributed by atoms with Crippen molar-refractivity contribution in [1.82, 2.24) is 15.3 Å². The van der Waals surface area contributed by atoms with Crippen molar-refractivity contribution in [2.24, 2.45) is 0 Å². The van der Waals surface area contributed by atoms with Crippen molar-refractivity contribution >= 4 is 5.91 Å². The van der Waals surface area contributed by atoms with Gasteiger partial charge >= 0.3 is 6.01 Å². The Kier molecular flexibility index (Phi) is 4.04. The minimum Gasteiger partial charge on any atom is -0.454 e. The summed E-state index contributed by atoms with van der Waals surface area (Å²) in [4.78, 5) is 19.7. The molecule has 0 fully saturated rings. The molecule has 0 bridgehead atoms. The third kappa shape index (κ3) is 3.43. The number of carbonyl (C=O) groups is 1. The number of benzene rings is 1. The minimum atomic E-state index is -0.247. The lowest BCUT2D eigenvalue weighted by molar-refractivity contribution is -0.123. The zero-order valence-electron chi connectivity index (χ0n) is 12.0. The van der Waals surface area contributed by atoms with Gasteiger partial charge in [-0.05, 0) is 30.7 Å². The van der Waals surface area contributed by atoms with Crippen molar-refractivity contribution in [2.45, 2.75) is 13.5 Å². The van der Waals surface area contributed by atoms with Crippen molar-refractivity contribution in [3.8, 4) is 17.5 Å². The highest BCUT2D eigenvalue weighted by atomic mass is 16.7. The number of aryl methyl sites for hydroxylation is 1. The maximum atomic E-state index is 11.8. The van der Waals surface area contributed by atoms with Gasteiger partial charge in [-0.3, -0.25) is 4.79 Å². The fraction of sp³-hybridized carbons (Fsp3) is 0.267. The van der Waals surface area contributed by atoms with Crippen molar-refractivity contribution in [3.63, 3.8) is 0 Å². The molecule has 114 valence electrons. The lowest BCUT2D eigenvalue weighted by Crippen LogP contribution is -2.28. The van der Waals surface area contributed by atoms with E-state index < -0.39 is 0 Å². The number of ether oxygens (including phenoxy) is 3. The predicted octanol–water partition coefficient (Wildman–Crippen LogP) is 1.21. The Morgan fingerprint density at radius 2 is 2.18 bits per heavy atom. The number of aromatic nitrogens is 2. The molecule has 7 heteroatoms. The average molecular weight is 301 g/mol. The van der Waals surface area contributed by atoms with Crippen LogP contribution in [-0.4, -0.2) is 29.3 Å². The van der Waals surface area contributed by atoms with Gasteiger partial charge in [-0.2, -0.15) is 0 Å². The minimum absolute atomic E-state index is 0.131. The van der Waals surface area contributed by atoms with Gasteiger partial charge in [0.1, 0.15) is 0 Å². The van der Waals surface area contributed by atoms with E-state index in [1.807, 2.05) is 25.1 Å². The third-order valence-electron chi connectivity index (χ3n) is 3.03. The highest BCUT2D eigenvalue weighted by Gasteiger charge is 2.13. The Labute approximate surface area is 127 Å². The molecule has 0 aliphatic carbocycles. The van der Waals surface area contributed by atoms with Crippen LogP contribution in [-0.2, 0) is 11.3 Å². The van der Waals surface area contributed by atoms with E-state index in [-0.39, 0.29) is 25.3 Å². The second-order valence-electron chi connectivity index (χ2n) is 4.73. The summed E-state index contributed by atoms with van der Waals surface area (Å²) in [7, 11) is 0. The van der Waals surface area contributed by atoms with E-state index in [1.54, 1.807) is 12.3 Å². The Bertz CT molecular complexity index is 690. The molecule has 0 saturated heterocycles. The van der Waals surface area contributed by atoms with E-state index in [0.29, 0.717) is 12.3 Å². The van der Waals surface area contributed by atoms with Crippen LogP contribution in [0.15, 0.2) is 30.5 Å². The van der Waals surface area contributed by atoms with Crippen LogP contribution >= 0.6 is 0 Å². The smallest absolute Gasteiger partial charge is 0.317 e.